The third kappa shape index (κ3) is 3.37. The van der Waals surface area contributed by atoms with Crippen molar-refractivity contribution in [2.45, 2.75) is 38.0 Å². The number of carbonyl (C=O) groups excluding carboxylic acids is 2. The standard InChI is InChI=1S/C22H23N5O2/c28-20-8-3-5-15-13-16(9-10-18(15)23-20)22(29)26-11-4-6-17(14-26)21-25-24-19-7-1-2-12-27(19)21/h1-2,7,9-10,12-13,17H,3-6,8,11,14H2,(H,23,28)/t17-/m0/s1. The lowest BCUT2D eigenvalue weighted by atomic mass is 9.96. The fraction of sp³-hybridized carbons (Fsp3) is 0.364. The molecule has 3 aromatic rings. The number of carbonyl (C=O) groups is 2. The quantitative estimate of drug-likeness (QED) is 0.731. The van der Waals surface area contributed by atoms with Crippen molar-refractivity contribution in [2.75, 3.05) is 18.4 Å². The second kappa shape index (κ2) is 7.31. The molecule has 4 heterocycles. The van der Waals surface area contributed by atoms with E-state index in [0.29, 0.717) is 18.5 Å². The second-order valence-corrected chi connectivity index (χ2v) is 7.85. The zero-order chi connectivity index (χ0) is 19.8. The zero-order valence-electron chi connectivity index (χ0n) is 16.2. The van der Waals surface area contributed by atoms with E-state index in [1.54, 1.807) is 0 Å². The monoisotopic (exact) mass is 389 g/mol. The van der Waals surface area contributed by atoms with Crippen LogP contribution in [0.4, 0.5) is 5.69 Å². The van der Waals surface area contributed by atoms with Crippen LogP contribution in [-0.2, 0) is 11.2 Å². The molecule has 0 radical (unpaired) electrons. The van der Waals surface area contributed by atoms with Crippen molar-refractivity contribution < 1.29 is 9.59 Å². The van der Waals surface area contributed by atoms with E-state index < -0.39 is 0 Å². The second-order valence-electron chi connectivity index (χ2n) is 7.85. The highest BCUT2D eigenvalue weighted by Gasteiger charge is 2.29. The molecule has 0 saturated carbocycles. The van der Waals surface area contributed by atoms with Crippen LogP contribution < -0.4 is 5.32 Å². The largest absolute Gasteiger partial charge is 0.338 e. The molecule has 5 rings (SSSR count). The first kappa shape index (κ1) is 17.8. The van der Waals surface area contributed by atoms with Crippen molar-refractivity contribution in [3.63, 3.8) is 0 Å². The van der Waals surface area contributed by atoms with Gasteiger partial charge in [-0.05, 0) is 61.6 Å². The molecule has 0 spiro atoms. The van der Waals surface area contributed by atoms with E-state index in [4.69, 9.17) is 0 Å². The molecule has 1 N–H and O–H groups in total. The molecule has 2 amide bonds. The highest BCUT2D eigenvalue weighted by molar-refractivity contribution is 5.97. The smallest absolute Gasteiger partial charge is 0.253 e. The third-order valence-corrected chi connectivity index (χ3v) is 5.89. The number of fused-ring (bicyclic) bond motifs is 2. The van der Waals surface area contributed by atoms with Crippen LogP contribution in [0.1, 0.15) is 53.3 Å². The fourth-order valence-electron chi connectivity index (χ4n) is 4.40. The lowest BCUT2D eigenvalue weighted by Crippen LogP contribution is -2.39. The summed E-state index contributed by atoms with van der Waals surface area (Å²) in [5, 5.41) is 11.6. The molecule has 0 aliphatic carbocycles. The Hall–Kier alpha value is -3.22. The molecule has 1 fully saturated rings. The van der Waals surface area contributed by atoms with Gasteiger partial charge in [0.15, 0.2) is 5.65 Å². The lowest BCUT2D eigenvalue weighted by Gasteiger charge is -2.32. The number of aromatic nitrogens is 3. The van der Waals surface area contributed by atoms with Gasteiger partial charge >= 0.3 is 0 Å². The number of pyridine rings is 1. The maximum atomic E-state index is 13.2. The number of benzene rings is 1. The molecule has 0 unspecified atom stereocenters. The van der Waals surface area contributed by atoms with Gasteiger partial charge in [0.05, 0.1) is 0 Å². The van der Waals surface area contributed by atoms with Crippen molar-refractivity contribution in [3.05, 3.63) is 59.5 Å². The molecule has 7 nitrogen and oxygen atoms in total. The Morgan fingerprint density at radius 3 is 2.97 bits per heavy atom. The zero-order valence-corrected chi connectivity index (χ0v) is 16.2. The summed E-state index contributed by atoms with van der Waals surface area (Å²) in [5.74, 6) is 1.18. The Bertz CT molecular complexity index is 1090. The van der Waals surface area contributed by atoms with Crippen molar-refractivity contribution in [1.29, 1.82) is 0 Å². The van der Waals surface area contributed by atoms with Gasteiger partial charge in [-0.3, -0.25) is 14.0 Å². The molecule has 2 aliphatic rings. The molecular formula is C22H23N5O2. The molecule has 2 aliphatic heterocycles. The summed E-state index contributed by atoms with van der Waals surface area (Å²) in [6.07, 6.45) is 6.06. The van der Waals surface area contributed by atoms with Crippen LogP contribution in [0.15, 0.2) is 42.6 Å². The Labute approximate surface area is 168 Å². The molecule has 0 bridgehead atoms. The Balaban J connectivity index is 1.37. The maximum Gasteiger partial charge on any atom is 0.253 e. The van der Waals surface area contributed by atoms with E-state index in [9.17, 15) is 9.59 Å². The highest BCUT2D eigenvalue weighted by atomic mass is 16.2. The SMILES string of the molecule is O=C1CCCc2cc(C(=O)N3CCC[C@H](c4nnc5ccccn45)C3)ccc2N1. The van der Waals surface area contributed by atoms with Gasteiger partial charge in [-0.25, -0.2) is 0 Å². The van der Waals surface area contributed by atoms with Gasteiger partial charge in [0.2, 0.25) is 5.91 Å². The first-order valence-corrected chi connectivity index (χ1v) is 10.2. The molecule has 148 valence electrons. The van der Waals surface area contributed by atoms with E-state index >= 15 is 0 Å². The average Bonchev–Trinajstić information content (AvgIpc) is 3.09. The number of likely N-dealkylation sites (tertiary alicyclic amines) is 1. The van der Waals surface area contributed by atoms with Crippen LogP contribution in [0.5, 0.6) is 0 Å². The number of nitrogens with one attached hydrogen (secondary N) is 1. The van der Waals surface area contributed by atoms with E-state index in [1.165, 1.54) is 0 Å². The predicted molar refractivity (Wildman–Crippen MR) is 109 cm³/mol. The number of nitrogens with zero attached hydrogens (tertiary/aromatic N) is 4. The van der Waals surface area contributed by atoms with Gasteiger partial charge in [0, 0.05) is 42.9 Å². The van der Waals surface area contributed by atoms with Gasteiger partial charge < -0.3 is 10.2 Å². The van der Waals surface area contributed by atoms with Crippen LogP contribution in [0.3, 0.4) is 0 Å². The van der Waals surface area contributed by atoms with Crippen molar-refractivity contribution in [2.24, 2.45) is 0 Å². The summed E-state index contributed by atoms with van der Waals surface area (Å²) in [6.45, 7) is 1.39. The Kier molecular flexibility index (Phi) is 4.50. The van der Waals surface area contributed by atoms with E-state index in [1.807, 2.05) is 51.9 Å². The summed E-state index contributed by atoms with van der Waals surface area (Å²) in [6, 6.07) is 11.5. The van der Waals surface area contributed by atoms with Crippen LogP contribution in [-0.4, -0.2) is 44.4 Å². The molecule has 1 aromatic carbocycles. The lowest BCUT2D eigenvalue weighted by molar-refractivity contribution is -0.116. The number of amides is 2. The van der Waals surface area contributed by atoms with Crippen LogP contribution >= 0.6 is 0 Å². The normalized spacial score (nSPS) is 19.5. The minimum atomic E-state index is 0.0434. The number of piperidine rings is 1. The topological polar surface area (TPSA) is 79.6 Å². The minimum Gasteiger partial charge on any atom is -0.338 e. The molecule has 1 atom stereocenters. The molecule has 7 heteroatoms. The van der Waals surface area contributed by atoms with Gasteiger partial charge in [0.1, 0.15) is 5.82 Å². The number of hydrogen-bond acceptors (Lipinski definition) is 4. The van der Waals surface area contributed by atoms with Crippen LogP contribution in [0, 0.1) is 0 Å². The van der Waals surface area contributed by atoms with E-state index in [-0.39, 0.29) is 17.7 Å². The minimum absolute atomic E-state index is 0.0434. The number of rotatable bonds is 2. The van der Waals surface area contributed by atoms with Crippen molar-refractivity contribution >= 4 is 23.1 Å². The van der Waals surface area contributed by atoms with Crippen molar-refractivity contribution in [1.82, 2.24) is 19.5 Å². The summed E-state index contributed by atoms with van der Waals surface area (Å²) in [7, 11) is 0. The van der Waals surface area contributed by atoms with Gasteiger partial charge in [-0.15, -0.1) is 10.2 Å². The first-order valence-electron chi connectivity index (χ1n) is 10.2. The summed E-state index contributed by atoms with van der Waals surface area (Å²) >= 11 is 0. The Morgan fingerprint density at radius 2 is 2.03 bits per heavy atom. The molecular weight excluding hydrogens is 366 g/mol. The van der Waals surface area contributed by atoms with Gasteiger partial charge in [0.25, 0.3) is 5.91 Å². The number of anilines is 1. The molecule has 2 aromatic heterocycles. The van der Waals surface area contributed by atoms with Crippen molar-refractivity contribution in [3.8, 4) is 0 Å². The third-order valence-electron chi connectivity index (χ3n) is 5.89. The fourth-order valence-corrected chi connectivity index (χ4v) is 4.40. The molecule has 1 saturated heterocycles. The first-order chi connectivity index (χ1) is 14.2. The van der Waals surface area contributed by atoms with Crippen LogP contribution in [0.2, 0.25) is 0 Å². The molecule has 29 heavy (non-hydrogen) atoms. The van der Waals surface area contributed by atoms with Crippen LogP contribution in [0.25, 0.3) is 5.65 Å². The summed E-state index contributed by atoms with van der Waals surface area (Å²) < 4.78 is 2.02. The van der Waals surface area contributed by atoms with Gasteiger partial charge in [-0.2, -0.15) is 0 Å². The Morgan fingerprint density at radius 1 is 1.10 bits per heavy atom. The highest BCUT2D eigenvalue weighted by Crippen LogP contribution is 2.28. The van der Waals surface area contributed by atoms with E-state index in [2.05, 4.69) is 15.5 Å². The van der Waals surface area contributed by atoms with Gasteiger partial charge in [-0.1, -0.05) is 6.07 Å². The average molecular weight is 389 g/mol. The number of hydrogen-bond donors (Lipinski definition) is 1. The summed E-state index contributed by atoms with van der Waals surface area (Å²) in [5.41, 5.74) is 3.39. The predicted octanol–water partition coefficient (Wildman–Crippen LogP) is 3.02. The summed E-state index contributed by atoms with van der Waals surface area (Å²) in [4.78, 5) is 26.9. The van der Waals surface area contributed by atoms with E-state index in [0.717, 1.165) is 55.0 Å². The maximum absolute atomic E-state index is 13.2. The number of aryl methyl sites for hydroxylation is 1.